The van der Waals surface area contributed by atoms with Gasteiger partial charge in [0.15, 0.2) is 6.10 Å². The van der Waals surface area contributed by atoms with Gasteiger partial charge in [-0.3, -0.25) is 9.52 Å². The van der Waals surface area contributed by atoms with Gasteiger partial charge in [-0.15, -0.1) is 0 Å². The molecule has 126 valence electrons. The third-order valence-electron chi connectivity index (χ3n) is 3.36. The largest absolute Gasteiger partial charge is 0.479 e. The zero-order chi connectivity index (χ0) is 17.5. The number of carbonyl (C=O) groups excluding carboxylic acids is 1. The highest BCUT2D eigenvalue weighted by atomic mass is 32.2. The van der Waals surface area contributed by atoms with Crippen LogP contribution in [-0.2, 0) is 14.8 Å². The second-order valence-corrected chi connectivity index (χ2v) is 6.82. The topological polar surface area (TPSA) is 84.5 Å². The van der Waals surface area contributed by atoms with Gasteiger partial charge in [0, 0.05) is 6.07 Å². The molecule has 2 N–H and O–H groups in total. The molecule has 3 rings (SSSR count). The van der Waals surface area contributed by atoms with Crippen molar-refractivity contribution in [2.75, 3.05) is 10.0 Å². The normalized spacial score (nSPS) is 16.8. The first-order chi connectivity index (χ1) is 11.3. The van der Waals surface area contributed by atoms with Gasteiger partial charge in [0.2, 0.25) is 0 Å². The molecule has 0 aromatic heterocycles. The number of amides is 1. The molecule has 9 heteroatoms. The number of benzene rings is 2. The van der Waals surface area contributed by atoms with E-state index in [2.05, 4.69) is 5.32 Å². The zero-order valence-corrected chi connectivity index (χ0v) is 13.2. The van der Waals surface area contributed by atoms with Crippen LogP contribution in [0.1, 0.15) is 6.92 Å². The fourth-order valence-electron chi connectivity index (χ4n) is 2.13. The van der Waals surface area contributed by atoms with Crippen LogP contribution in [0, 0.1) is 11.6 Å². The Bertz CT molecular complexity index is 931. The van der Waals surface area contributed by atoms with Gasteiger partial charge in [-0.1, -0.05) is 0 Å². The molecule has 24 heavy (non-hydrogen) atoms. The van der Waals surface area contributed by atoms with Crippen LogP contribution in [0.3, 0.4) is 0 Å². The van der Waals surface area contributed by atoms with Crippen LogP contribution in [-0.4, -0.2) is 20.4 Å². The van der Waals surface area contributed by atoms with Gasteiger partial charge >= 0.3 is 0 Å². The van der Waals surface area contributed by atoms with Gasteiger partial charge in [0.1, 0.15) is 17.4 Å². The lowest BCUT2D eigenvalue weighted by atomic mass is 10.2. The van der Waals surface area contributed by atoms with Crippen molar-refractivity contribution in [3.05, 3.63) is 48.0 Å². The van der Waals surface area contributed by atoms with E-state index in [1.807, 2.05) is 4.72 Å². The Morgan fingerprint density at radius 1 is 1.17 bits per heavy atom. The number of rotatable bonds is 3. The Kier molecular flexibility index (Phi) is 3.88. The summed E-state index contributed by atoms with van der Waals surface area (Å²) in [6.07, 6.45) is -0.695. The number of hydrogen-bond donors (Lipinski definition) is 2. The molecule has 1 amide bonds. The number of sulfonamides is 1. The number of ether oxygens (including phenoxy) is 1. The van der Waals surface area contributed by atoms with Crippen molar-refractivity contribution in [3.8, 4) is 5.75 Å². The maximum Gasteiger partial charge on any atom is 0.265 e. The minimum absolute atomic E-state index is 0.181. The predicted molar refractivity (Wildman–Crippen MR) is 82.3 cm³/mol. The van der Waals surface area contributed by atoms with E-state index in [4.69, 9.17) is 4.74 Å². The quantitative estimate of drug-likeness (QED) is 0.887. The summed E-state index contributed by atoms with van der Waals surface area (Å²) < 4.78 is 58.8. The zero-order valence-electron chi connectivity index (χ0n) is 12.3. The minimum atomic E-state index is -4.18. The van der Waals surface area contributed by atoms with Gasteiger partial charge in [-0.25, -0.2) is 17.2 Å². The van der Waals surface area contributed by atoms with Crippen molar-refractivity contribution in [1.82, 2.24) is 0 Å². The van der Waals surface area contributed by atoms with Gasteiger partial charge in [-0.05, 0) is 37.3 Å². The Hall–Kier alpha value is -2.68. The molecular formula is C15H12F2N2O4S. The van der Waals surface area contributed by atoms with Crippen molar-refractivity contribution in [3.63, 3.8) is 0 Å². The molecule has 0 saturated heterocycles. The van der Waals surface area contributed by atoms with Crippen molar-refractivity contribution < 1.29 is 26.7 Å². The third-order valence-corrected chi connectivity index (χ3v) is 4.73. The van der Waals surface area contributed by atoms with E-state index >= 15 is 0 Å². The van der Waals surface area contributed by atoms with E-state index in [0.717, 1.165) is 18.2 Å². The van der Waals surface area contributed by atoms with E-state index in [0.29, 0.717) is 5.75 Å². The molecule has 0 fully saturated rings. The smallest absolute Gasteiger partial charge is 0.265 e. The Balaban J connectivity index is 1.95. The number of nitrogens with one attached hydrogen (secondary N) is 2. The summed E-state index contributed by atoms with van der Waals surface area (Å²) in [5, 5.41) is 2.52. The summed E-state index contributed by atoms with van der Waals surface area (Å²) in [5.41, 5.74) is -0.331. The lowest BCUT2D eigenvalue weighted by molar-refractivity contribution is -0.122. The molecule has 0 saturated carbocycles. The van der Waals surface area contributed by atoms with E-state index in [-0.39, 0.29) is 10.6 Å². The SMILES string of the molecule is C[C@@H]1Oc2ccc(S(=O)(=O)Nc3cc(F)ccc3F)cc2NC1=O. The summed E-state index contributed by atoms with van der Waals surface area (Å²) >= 11 is 0. The van der Waals surface area contributed by atoms with Crippen LogP contribution in [0.5, 0.6) is 5.75 Å². The number of hydrogen-bond acceptors (Lipinski definition) is 4. The van der Waals surface area contributed by atoms with E-state index in [1.165, 1.54) is 18.2 Å². The number of fused-ring (bicyclic) bond motifs is 1. The Morgan fingerprint density at radius 3 is 2.67 bits per heavy atom. The van der Waals surface area contributed by atoms with Crippen LogP contribution in [0.15, 0.2) is 41.3 Å². The first-order valence-electron chi connectivity index (χ1n) is 6.86. The number of carbonyl (C=O) groups is 1. The highest BCUT2D eigenvalue weighted by Gasteiger charge is 2.26. The molecular weight excluding hydrogens is 342 g/mol. The summed E-state index contributed by atoms with van der Waals surface area (Å²) in [4.78, 5) is 11.4. The highest BCUT2D eigenvalue weighted by molar-refractivity contribution is 7.92. The summed E-state index contributed by atoms with van der Waals surface area (Å²) in [6.45, 7) is 1.55. The van der Waals surface area contributed by atoms with Gasteiger partial charge in [-0.2, -0.15) is 0 Å². The van der Waals surface area contributed by atoms with Gasteiger partial charge in [0.25, 0.3) is 15.9 Å². The summed E-state index contributed by atoms with van der Waals surface area (Å²) in [5.74, 6) is -1.79. The lowest BCUT2D eigenvalue weighted by Crippen LogP contribution is -2.34. The van der Waals surface area contributed by atoms with Crippen LogP contribution in [0.25, 0.3) is 0 Å². The molecule has 1 atom stereocenters. The van der Waals surface area contributed by atoms with E-state index < -0.39 is 39.4 Å². The third kappa shape index (κ3) is 3.02. The Labute approximate surface area is 136 Å². The second kappa shape index (κ2) is 5.75. The molecule has 0 spiro atoms. The monoisotopic (exact) mass is 354 g/mol. The standard InChI is InChI=1S/C15H12F2N2O4S/c1-8-15(20)18-13-7-10(3-5-14(13)23-8)24(21,22)19-12-6-9(16)2-4-11(12)17/h2-8,19H,1H3,(H,18,20)/t8-/m0/s1. The van der Waals surface area contributed by atoms with Gasteiger partial charge in [0.05, 0.1) is 16.3 Å². The first kappa shape index (κ1) is 16.2. The maximum absolute atomic E-state index is 13.6. The lowest BCUT2D eigenvalue weighted by Gasteiger charge is -2.23. The fraction of sp³-hybridized carbons (Fsp3) is 0.133. The van der Waals surface area contributed by atoms with Crippen molar-refractivity contribution in [2.24, 2.45) is 0 Å². The van der Waals surface area contributed by atoms with Crippen molar-refractivity contribution >= 4 is 27.3 Å². The molecule has 0 unspecified atom stereocenters. The van der Waals surface area contributed by atoms with Crippen molar-refractivity contribution in [2.45, 2.75) is 17.9 Å². The Morgan fingerprint density at radius 2 is 1.92 bits per heavy atom. The molecule has 1 heterocycles. The van der Waals surface area contributed by atoms with Crippen LogP contribution >= 0.6 is 0 Å². The number of anilines is 2. The molecule has 0 aliphatic carbocycles. The number of halogens is 2. The highest BCUT2D eigenvalue weighted by Crippen LogP contribution is 2.32. The molecule has 2 aromatic rings. The van der Waals surface area contributed by atoms with Crippen LogP contribution in [0.2, 0.25) is 0 Å². The van der Waals surface area contributed by atoms with Crippen LogP contribution < -0.4 is 14.8 Å². The fourth-order valence-corrected chi connectivity index (χ4v) is 3.22. The van der Waals surface area contributed by atoms with E-state index in [9.17, 15) is 22.0 Å². The van der Waals surface area contributed by atoms with Crippen LogP contribution in [0.4, 0.5) is 20.2 Å². The van der Waals surface area contributed by atoms with E-state index in [1.54, 1.807) is 6.92 Å². The average molecular weight is 354 g/mol. The predicted octanol–water partition coefficient (Wildman–Crippen LogP) is 2.49. The molecule has 1 aliphatic heterocycles. The molecule has 1 aliphatic rings. The molecule has 0 radical (unpaired) electrons. The molecule has 2 aromatic carbocycles. The summed E-state index contributed by atoms with van der Waals surface area (Å²) in [7, 11) is -4.18. The first-order valence-corrected chi connectivity index (χ1v) is 8.34. The van der Waals surface area contributed by atoms with Gasteiger partial charge < -0.3 is 10.1 Å². The molecule has 0 bridgehead atoms. The minimum Gasteiger partial charge on any atom is -0.479 e. The average Bonchev–Trinajstić information content (AvgIpc) is 2.51. The summed E-state index contributed by atoms with van der Waals surface area (Å²) in [6, 6.07) is 6.22. The molecule has 6 nitrogen and oxygen atoms in total. The second-order valence-electron chi connectivity index (χ2n) is 5.14. The van der Waals surface area contributed by atoms with Crippen molar-refractivity contribution in [1.29, 1.82) is 0 Å². The maximum atomic E-state index is 13.6.